The molecule has 1 fully saturated rings. The fraction of sp³-hybridized carbons (Fsp3) is 0.538. The molecule has 1 unspecified atom stereocenters. The normalized spacial score (nSPS) is 25.2. The van der Waals surface area contributed by atoms with E-state index in [4.69, 9.17) is 0 Å². The van der Waals surface area contributed by atoms with Crippen LogP contribution in [0.3, 0.4) is 0 Å². The van der Waals surface area contributed by atoms with E-state index in [1.54, 1.807) is 0 Å². The van der Waals surface area contributed by atoms with Crippen LogP contribution in [0, 0.1) is 0 Å². The molecule has 0 spiro atoms. The maximum Gasteiger partial charge on any atom is 0.0429 e. The Bertz CT molecular complexity index is 317. The zero-order valence-electron chi connectivity index (χ0n) is 9.08. The fourth-order valence-electron chi connectivity index (χ4n) is 2.76. The van der Waals surface area contributed by atoms with E-state index in [-0.39, 0.29) is 0 Å². The lowest BCUT2D eigenvalue weighted by Crippen LogP contribution is -2.33. The maximum atomic E-state index is 3.62. The molecule has 2 heteroatoms. The summed E-state index contributed by atoms with van der Waals surface area (Å²) >= 11 is 0. The van der Waals surface area contributed by atoms with Crippen molar-refractivity contribution in [3.8, 4) is 0 Å². The second-order valence-electron chi connectivity index (χ2n) is 4.71. The summed E-state index contributed by atoms with van der Waals surface area (Å²) in [5.74, 6) is 0. The van der Waals surface area contributed by atoms with E-state index in [1.165, 1.54) is 50.1 Å². The largest absolute Gasteiger partial charge is 0.380 e. The molecule has 0 bridgehead atoms. The monoisotopic (exact) mass is 202 g/mol. The topological polar surface area (TPSA) is 15.3 Å². The van der Waals surface area contributed by atoms with Crippen molar-refractivity contribution in [1.29, 1.82) is 0 Å². The average Bonchev–Trinajstić information content (AvgIpc) is 2.86. The first kappa shape index (κ1) is 9.22. The summed E-state index contributed by atoms with van der Waals surface area (Å²) in [7, 11) is 0. The van der Waals surface area contributed by atoms with Crippen LogP contribution in [0.15, 0.2) is 24.3 Å². The first-order valence-corrected chi connectivity index (χ1v) is 5.98. The van der Waals surface area contributed by atoms with E-state index < -0.39 is 0 Å². The molecule has 15 heavy (non-hydrogen) atoms. The summed E-state index contributed by atoms with van der Waals surface area (Å²) in [4.78, 5) is 2.59. The Balaban J connectivity index is 1.63. The van der Waals surface area contributed by atoms with Crippen LogP contribution in [0.4, 0.5) is 5.69 Å². The van der Waals surface area contributed by atoms with Crippen molar-refractivity contribution in [2.24, 2.45) is 0 Å². The predicted molar refractivity (Wildman–Crippen MR) is 63.2 cm³/mol. The molecule has 0 radical (unpaired) electrons. The van der Waals surface area contributed by atoms with Crippen LogP contribution in [-0.2, 0) is 6.42 Å². The van der Waals surface area contributed by atoms with Gasteiger partial charge in [0.15, 0.2) is 0 Å². The van der Waals surface area contributed by atoms with E-state index in [0.29, 0.717) is 6.04 Å². The van der Waals surface area contributed by atoms with Gasteiger partial charge in [-0.05, 0) is 44.0 Å². The van der Waals surface area contributed by atoms with E-state index in [2.05, 4.69) is 34.5 Å². The quantitative estimate of drug-likeness (QED) is 0.790. The Kier molecular flexibility index (Phi) is 2.37. The Labute approximate surface area is 91.3 Å². The number of para-hydroxylation sites is 1. The Morgan fingerprint density at radius 3 is 2.80 bits per heavy atom. The lowest BCUT2D eigenvalue weighted by Gasteiger charge is -2.20. The number of benzene rings is 1. The molecule has 1 atom stereocenters. The van der Waals surface area contributed by atoms with Crippen LogP contribution in [0.5, 0.6) is 0 Å². The van der Waals surface area contributed by atoms with Crippen molar-refractivity contribution >= 4 is 5.69 Å². The van der Waals surface area contributed by atoms with Gasteiger partial charge >= 0.3 is 0 Å². The van der Waals surface area contributed by atoms with E-state index in [1.807, 2.05) is 0 Å². The number of fused-ring (bicyclic) bond motifs is 1. The number of anilines is 1. The van der Waals surface area contributed by atoms with Gasteiger partial charge in [-0.15, -0.1) is 0 Å². The Morgan fingerprint density at radius 2 is 2.00 bits per heavy atom. The van der Waals surface area contributed by atoms with E-state index in [9.17, 15) is 0 Å². The minimum atomic E-state index is 0.639. The molecule has 0 saturated carbocycles. The summed E-state index contributed by atoms with van der Waals surface area (Å²) in [6.07, 6.45) is 3.98. The maximum absolute atomic E-state index is 3.62. The van der Waals surface area contributed by atoms with Crippen molar-refractivity contribution in [3.05, 3.63) is 29.8 Å². The van der Waals surface area contributed by atoms with Crippen LogP contribution >= 0.6 is 0 Å². The van der Waals surface area contributed by atoms with Gasteiger partial charge in [0.1, 0.15) is 0 Å². The molecule has 1 N–H and O–H groups in total. The molecule has 0 aliphatic carbocycles. The highest BCUT2D eigenvalue weighted by atomic mass is 15.2. The highest BCUT2D eigenvalue weighted by Crippen LogP contribution is 2.25. The lowest BCUT2D eigenvalue weighted by atomic mass is 10.1. The van der Waals surface area contributed by atoms with Crippen LogP contribution in [-0.4, -0.2) is 30.6 Å². The van der Waals surface area contributed by atoms with Crippen LogP contribution in [0.2, 0.25) is 0 Å². The van der Waals surface area contributed by atoms with Gasteiger partial charge < -0.3 is 10.2 Å². The molecule has 80 valence electrons. The van der Waals surface area contributed by atoms with Crippen LogP contribution in [0.1, 0.15) is 18.4 Å². The zero-order valence-corrected chi connectivity index (χ0v) is 9.08. The van der Waals surface area contributed by atoms with Crippen molar-refractivity contribution in [3.63, 3.8) is 0 Å². The van der Waals surface area contributed by atoms with Gasteiger partial charge in [-0.1, -0.05) is 18.2 Å². The number of rotatable bonds is 2. The third-order valence-electron chi connectivity index (χ3n) is 3.52. The second-order valence-corrected chi connectivity index (χ2v) is 4.71. The summed E-state index contributed by atoms with van der Waals surface area (Å²) in [6, 6.07) is 9.33. The fourth-order valence-corrected chi connectivity index (χ4v) is 2.76. The molecule has 1 aromatic carbocycles. The number of likely N-dealkylation sites (tertiary alicyclic amines) is 1. The smallest absolute Gasteiger partial charge is 0.0429 e. The molecular formula is C13H18N2. The minimum absolute atomic E-state index is 0.639. The van der Waals surface area contributed by atoms with Crippen molar-refractivity contribution in [2.45, 2.75) is 25.3 Å². The highest BCUT2D eigenvalue weighted by Gasteiger charge is 2.23. The number of hydrogen-bond donors (Lipinski definition) is 1. The van der Waals surface area contributed by atoms with Gasteiger partial charge in [-0.25, -0.2) is 0 Å². The highest BCUT2D eigenvalue weighted by molar-refractivity contribution is 5.56. The standard InChI is InChI=1S/C13H18N2/c1-2-6-13-11(5-1)9-12(14-13)10-15-7-3-4-8-15/h1-2,5-6,12,14H,3-4,7-10H2. The number of hydrogen-bond acceptors (Lipinski definition) is 2. The van der Waals surface area contributed by atoms with E-state index >= 15 is 0 Å². The number of nitrogens with zero attached hydrogens (tertiary/aromatic N) is 1. The number of nitrogens with one attached hydrogen (secondary N) is 1. The molecule has 2 aliphatic heterocycles. The van der Waals surface area contributed by atoms with Crippen LogP contribution < -0.4 is 5.32 Å². The summed E-state index contributed by atoms with van der Waals surface area (Å²) in [6.45, 7) is 3.82. The summed E-state index contributed by atoms with van der Waals surface area (Å²) < 4.78 is 0. The Morgan fingerprint density at radius 1 is 1.20 bits per heavy atom. The summed E-state index contributed by atoms with van der Waals surface area (Å²) in [5, 5.41) is 3.62. The van der Waals surface area contributed by atoms with Crippen molar-refractivity contribution in [1.82, 2.24) is 4.90 Å². The first-order valence-electron chi connectivity index (χ1n) is 5.98. The van der Waals surface area contributed by atoms with Gasteiger partial charge in [-0.3, -0.25) is 0 Å². The molecule has 3 rings (SSSR count). The van der Waals surface area contributed by atoms with Crippen molar-refractivity contribution < 1.29 is 0 Å². The molecule has 2 nitrogen and oxygen atoms in total. The molecular weight excluding hydrogens is 184 g/mol. The average molecular weight is 202 g/mol. The van der Waals surface area contributed by atoms with Crippen molar-refractivity contribution in [2.75, 3.05) is 25.0 Å². The summed E-state index contributed by atoms with van der Waals surface area (Å²) in [5.41, 5.74) is 2.84. The third kappa shape index (κ3) is 1.86. The zero-order chi connectivity index (χ0) is 10.1. The van der Waals surface area contributed by atoms with Gasteiger partial charge in [0.2, 0.25) is 0 Å². The molecule has 0 amide bonds. The van der Waals surface area contributed by atoms with Gasteiger partial charge in [0.25, 0.3) is 0 Å². The second kappa shape index (κ2) is 3.86. The first-order chi connectivity index (χ1) is 7.42. The van der Waals surface area contributed by atoms with E-state index in [0.717, 1.165) is 0 Å². The van der Waals surface area contributed by atoms with Gasteiger partial charge in [-0.2, -0.15) is 0 Å². The lowest BCUT2D eigenvalue weighted by molar-refractivity contribution is 0.324. The third-order valence-corrected chi connectivity index (χ3v) is 3.52. The minimum Gasteiger partial charge on any atom is -0.380 e. The molecule has 0 aromatic heterocycles. The Hall–Kier alpha value is -1.02. The van der Waals surface area contributed by atoms with Gasteiger partial charge in [0, 0.05) is 18.3 Å². The molecule has 2 heterocycles. The van der Waals surface area contributed by atoms with Gasteiger partial charge in [0.05, 0.1) is 0 Å². The SMILES string of the molecule is c1ccc2c(c1)CC(CN1CCCC1)N2. The predicted octanol–water partition coefficient (Wildman–Crippen LogP) is 2.12. The van der Waals surface area contributed by atoms with Crippen LogP contribution in [0.25, 0.3) is 0 Å². The molecule has 2 aliphatic rings. The molecule has 1 aromatic rings. The molecule has 1 saturated heterocycles.